The molecule has 0 fully saturated rings. The van der Waals surface area contributed by atoms with Crippen LogP contribution in [-0.2, 0) is 0 Å². The molecule has 0 amide bonds. The van der Waals surface area contributed by atoms with Crippen LogP contribution in [0.15, 0.2) is 12.7 Å². The van der Waals surface area contributed by atoms with Crippen molar-refractivity contribution in [1.82, 2.24) is 0 Å². The van der Waals surface area contributed by atoms with Crippen LogP contribution in [0, 0.1) is 0 Å². The molecule has 0 aliphatic carbocycles. The average molecular weight is 160 g/mol. The number of aliphatic hydroxyl groups excluding tert-OH is 2. The highest BCUT2D eigenvalue weighted by molar-refractivity contribution is 4.90. The monoisotopic (exact) mass is 160 g/mol. The zero-order valence-corrected chi connectivity index (χ0v) is 6.99. The predicted octanol–water partition coefficient (Wildman–Crippen LogP) is 0.0552. The van der Waals surface area contributed by atoms with E-state index >= 15 is 0 Å². The topological polar surface area (TPSA) is 60.7 Å². The van der Waals surface area contributed by atoms with Gasteiger partial charge >= 0.3 is 0 Å². The SMILES string of the molecule is C=CC[C@@](C)(O)[C@H](O)[C@H](C)O. The molecule has 0 bridgehead atoms. The molecule has 0 aliphatic heterocycles. The first-order chi connectivity index (χ1) is 4.91. The molecule has 0 aromatic carbocycles. The summed E-state index contributed by atoms with van der Waals surface area (Å²) in [6, 6.07) is 0. The zero-order chi connectivity index (χ0) is 9.07. The van der Waals surface area contributed by atoms with Gasteiger partial charge in [-0.15, -0.1) is 6.58 Å². The van der Waals surface area contributed by atoms with Gasteiger partial charge in [0.2, 0.25) is 0 Å². The lowest BCUT2D eigenvalue weighted by Gasteiger charge is -2.29. The van der Waals surface area contributed by atoms with Crippen molar-refractivity contribution in [2.24, 2.45) is 0 Å². The molecule has 11 heavy (non-hydrogen) atoms. The van der Waals surface area contributed by atoms with Crippen LogP contribution in [0.1, 0.15) is 20.3 Å². The Kier molecular flexibility index (Phi) is 3.72. The molecule has 0 aromatic heterocycles. The highest BCUT2D eigenvalue weighted by Crippen LogP contribution is 2.17. The summed E-state index contributed by atoms with van der Waals surface area (Å²) in [6.07, 6.45) is -0.282. The van der Waals surface area contributed by atoms with Gasteiger partial charge in [0, 0.05) is 0 Å². The Morgan fingerprint density at radius 3 is 2.27 bits per heavy atom. The molecular formula is C8H16O3. The maximum absolute atomic E-state index is 9.47. The van der Waals surface area contributed by atoms with E-state index in [4.69, 9.17) is 5.11 Å². The summed E-state index contributed by atoms with van der Waals surface area (Å²) in [5.41, 5.74) is -1.28. The van der Waals surface area contributed by atoms with Gasteiger partial charge in [0.25, 0.3) is 0 Å². The number of rotatable bonds is 4. The van der Waals surface area contributed by atoms with E-state index in [1.54, 1.807) is 0 Å². The average Bonchev–Trinajstić information content (AvgIpc) is 1.86. The van der Waals surface area contributed by atoms with E-state index in [1.165, 1.54) is 19.9 Å². The fourth-order valence-corrected chi connectivity index (χ4v) is 0.933. The molecule has 3 heteroatoms. The van der Waals surface area contributed by atoms with Gasteiger partial charge in [-0.25, -0.2) is 0 Å². The van der Waals surface area contributed by atoms with Gasteiger partial charge in [-0.3, -0.25) is 0 Å². The van der Waals surface area contributed by atoms with Crippen molar-refractivity contribution in [1.29, 1.82) is 0 Å². The minimum Gasteiger partial charge on any atom is -0.391 e. The summed E-state index contributed by atoms with van der Waals surface area (Å²) in [5, 5.41) is 27.6. The fourth-order valence-electron chi connectivity index (χ4n) is 0.933. The molecule has 3 atom stereocenters. The molecule has 0 saturated carbocycles. The Morgan fingerprint density at radius 1 is 1.55 bits per heavy atom. The minimum absolute atomic E-state index is 0.263. The summed E-state index contributed by atoms with van der Waals surface area (Å²) in [6.45, 7) is 6.33. The van der Waals surface area contributed by atoms with Gasteiger partial charge in [0.05, 0.1) is 11.7 Å². The van der Waals surface area contributed by atoms with Gasteiger partial charge in [-0.1, -0.05) is 6.08 Å². The van der Waals surface area contributed by atoms with Crippen LogP contribution in [0.2, 0.25) is 0 Å². The Bertz CT molecular complexity index is 129. The quantitative estimate of drug-likeness (QED) is 0.509. The van der Waals surface area contributed by atoms with E-state index in [1.807, 2.05) is 0 Å². The van der Waals surface area contributed by atoms with Gasteiger partial charge in [-0.05, 0) is 20.3 Å². The fraction of sp³-hybridized carbons (Fsp3) is 0.750. The van der Waals surface area contributed by atoms with Crippen LogP contribution < -0.4 is 0 Å². The maximum atomic E-state index is 9.47. The lowest BCUT2D eigenvalue weighted by Crippen LogP contribution is -2.45. The van der Waals surface area contributed by atoms with Crippen molar-refractivity contribution in [2.75, 3.05) is 0 Å². The molecule has 3 nitrogen and oxygen atoms in total. The molecular weight excluding hydrogens is 144 g/mol. The smallest absolute Gasteiger partial charge is 0.108 e. The maximum Gasteiger partial charge on any atom is 0.108 e. The second kappa shape index (κ2) is 3.85. The van der Waals surface area contributed by atoms with Crippen LogP contribution in [0.5, 0.6) is 0 Å². The van der Waals surface area contributed by atoms with E-state index in [-0.39, 0.29) is 6.42 Å². The van der Waals surface area contributed by atoms with Crippen LogP contribution in [0.25, 0.3) is 0 Å². The molecule has 0 radical (unpaired) electrons. The third kappa shape index (κ3) is 3.01. The lowest BCUT2D eigenvalue weighted by molar-refractivity contribution is -0.108. The molecule has 3 N–H and O–H groups in total. The molecule has 66 valence electrons. The molecule has 0 spiro atoms. The highest BCUT2D eigenvalue weighted by atomic mass is 16.4. The van der Waals surface area contributed by atoms with Crippen LogP contribution in [0.3, 0.4) is 0 Å². The van der Waals surface area contributed by atoms with Crippen molar-refractivity contribution >= 4 is 0 Å². The minimum atomic E-state index is -1.28. The lowest BCUT2D eigenvalue weighted by atomic mass is 9.92. The number of hydrogen-bond donors (Lipinski definition) is 3. The first-order valence-corrected chi connectivity index (χ1v) is 3.61. The second-order valence-electron chi connectivity index (χ2n) is 3.04. The summed E-state index contributed by atoms with van der Waals surface area (Å²) in [5.74, 6) is 0. The molecule has 0 unspecified atom stereocenters. The highest BCUT2D eigenvalue weighted by Gasteiger charge is 2.32. The third-order valence-electron chi connectivity index (χ3n) is 1.65. The van der Waals surface area contributed by atoms with Crippen LogP contribution >= 0.6 is 0 Å². The van der Waals surface area contributed by atoms with E-state index in [0.717, 1.165) is 0 Å². The summed E-state index contributed by atoms with van der Waals surface area (Å²) >= 11 is 0. The van der Waals surface area contributed by atoms with Crippen LogP contribution in [-0.4, -0.2) is 33.1 Å². The normalized spacial score (nSPS) is 21.9. The van der Waals surface area contributed by atoms with Crippen molar-refractivity contribution in [3.05, 3.63) is 12.7 Å². The van der Waals surface area contributed by atoms with Gasteiger partial charge < -0.3 is 15.3 Å². The number of hydrogen-bond acceptors (Lipinski definition) is 3. The summed E-state index contributed by atoms with van der Waals surface area (Å²) in [4.78, 5) is 0. The Labute approximate surface area is 67.0 Å². The van der Waals surface area contributed by atoms with E-state index in [0.29, 0.717) is 0 Å². The third-order valence-corrected chi connectivity index (χ3v) is 1.65. The van der Waals surface area contributed by atoms with Crippen molar-refractivity contribution < 1.29 is 15.3 Å². The van der Waals surface area contributed by atoms with Gasteiger partial charge in [0.1, 0.15) is 6.10 Å². The van der Waals surface area contributed by atoms with Gasteiger partial charge in [0.15, 0.2) is 0 Å². The van der Waals surface area contributed by atoms with E-state index in [9.17, 15) is 10.2 Å². The zero-order valence-electron chi connectivity index (χ0n) is 6.99. The standard InChI is InChI=1S/C8H16O3/c1-4-5-8(3,11)7(10)6(2)9/h4,6-7,9-11H,1,5H2,2-3H3/t6-,7+,8+/m0/s1. The molecule has 0 aromatic rings. The summed E-state index contributed by atoms with van der Waals surface area (Å²) < 4.78 is 0. The van der Waals surface area contributed by atoms with Gasteiger partial charge in [-0.2, -0.15) is 0 Å². The van der Waals surface area contributed by atoms with E-state index in [2.05, 4.69) is 6.58 Å². The first-order valence-electron chi connectivity index (χ1n) is 3.61. The largest absolute Gasteiger partial charge is 0.391 e. The Hall–Kier alpha value is -0.380. The Balaban J connectivity index is 4.15. The summed E-state index contributed by atoms with van der Waals surface area (Å²) in [7, 11) is 0. The van der Waals surface area contributed by atoms with E-state index < -0.39 is 17.8 Å². The molecule has 0 heterocycles. The van der Waals surface area contributed by atoms with Crippen molar-refractivity contribution in [3.8, 4) is 0 Å². The van der Waals surface area contributed by atoms with Crippen LogP contribution in [0.4, 0.5) is 0 Å². The van der Waals surface area contributed by atoms with Crippen molar-refractivity contribution in [3.63, 3.8) is 0 Å². The molecule has 0 aliphatic rings. The molecule has 0 saturated heterocycles. The Morgan fingerprint density at radius 2 is 2.00 bits per heavy atom. The molecule has 0 rings (SSSR count). The number of aliphatic hydroxyl groups is 3. The second-order valence-corrected chi connectivity index (χ2v) is 3.04. The predicted molar refractivity (Wildman–Crippen MR) is 43.1 cm³/mol. The first kappa shape index (κ1) is 10.6. The van der Waals surface area contributed by atoms with Crippen molar-refractivity contribution in [2.45, 2.75) is 38.1 Å².